The Morgan fingerprint density at radius 1 is 1.11 bits per heavy atom. The highest BCUT2D eigenvalue weighted by Crippen LogP contribution is 2.41. The van der Waals surface area contributed by atoms with Gasteiger partial charge < -0.3 is 20.8 Å². The van der Waals surface area contributed by atoms with Crippen molar-refractivity contribution in [1.82, 2.24) is 19.9 Å². The first-order valence-electron chi connectivity index (χ1n) is 11.9. The molecular weight excluding hydrogens is 526 g/mol. The van der Waals surface area contributed by atoms with E-state index >= 15 is 0 Å². The lowest BCUT2D eigenvalue weighted by Gasteiger charge is -2.35. The fraction of sp³-hybridized carbons (Fsp3) is 0.565. The zero-order valence-corrected chi connectivity index (χ0v) is 22.1. The Bertz CT molecular complexity index is 1440. The van der Waals surface area contributed by atoms with E-state index in [1.54, 1.807) is 13.1 Å². The topological polar surface area (TPSA) is 150 Å². The van der Waals surface area contributed by atoms with Gasteiger partial charge >= 0.3 is 0 Å². The number of aliphatic hydroxyl groups is 2. The standard InChI is InChI=1S/C23H28F2N6O4S2/c1-10-16(21-30-17-11(2)26-5-4-15(17)36-21)20(31-22(27-10)28-13-7-23(24,25)8-13)29-14-6-12(9-37(3,34)35)18(32)19(14)33/h4-5,12-14,18-19,32-33H,6-9H2,1-3H3,(H2,27,28,29,31)/t12-,14-,18-,19+/m1/s1. The van der Waals surface area contributed by atoms with Gasteiger partial charge in [-0.1, -0.05) is 0 Å². The molecule has 0 saturated heterocycles. The second-order valence-electron chi connectivity index (χ2n) is 10.0. The van der Waals surface area contributed by atoms with E-state index in [9.17, 15) is 27.4 Å². The predicted molar refractivity (Wildman–Crippen MR) is 137 cm³/mol. The number of nitrogens with zero attached hydrogens (tertiary/aromatic N) is 4. The lowest BCUT2D eigenvalue weighted by molar-refractivity contribution is -0.0794. The highest BCUT2D eigenvalue weighted by molar-refractivity contribution is 7.90. The van der Waals surface area contributed by atoms with Gasteiger partial charge in [-0.15, -0.1) is 11.3 Å². The van der Waals surface area contributed by atoms with Crippen LogP contribution < -0.4 is 10.6 Å². The van der Waals surface area contributed by atoms with Gasteiger partial charge in [0, 0.05) is 37.3 Å². The summed E-state index contributed by atoms with van der Waals surface area (Å²) in [6, 6.07) is 0.683. The van der Waals surface area contributed by atoms with Crippen molar-refractivity contribution < 1.29 is 27.4 Å². The molecule has 0 aliphatic heterocycles. The minimum Gasteiger partial charge on any atom is -0.390 e. The summed E-state index contributed by atoms with van der Waals surface area (Å²) in [6.45, 7) is 3.61. The molecule has 2 aliphatic carbocycles. The first-order valence-corrected chi connectivity index (χ1v) is 14.7. The molecule has 3 aromatic heterocycles. The lowest BCUT2D eigenvalue weighted by atomic mass is 9.88. The molecule has 4 atom stereocenters. The molecule has 2 fully saturated rings. The van der Waals surface area contributed by atoms with Gasteiger partial charge in [-0.2, -0.15) is 4.98 Å². The Hall–Kier alpha value is -2.55. The van der Waals surface area contributed by atoms with Crippen molar-refractivity contribution in [1.29, 1.82) is 0 Å². The summed E-state index contributed by atoms with van der Waals surface area (Å²) in [6.07, 6.45) is -0.122. The van der Waals surface area contributed by atoms with Crippen LogP contribution in [0.1, 0.15) is 30.7 Å². The van der Waals surface area contributed by atoms with E-state index in [2.05, 4.69) is 25.6 Å². The van der Waals surface area contributed by atoms with E-state index in [-0.39, 0.29) is 31.0 Å². The third kappa shape index (κ3) is 5.38. The summed E-state index contributed by atoms with van der Waals surface area (Å²) in [7, 11) is -3.37. The zero-order valence-electron chi connectivity index (χ0n) is 20.4. The van der Waals surface area contributed by atoms with Crippen molar-refractivity contribution in [3.05, 3.63) is 23.7 Å². The molecule has 0 unspecified atom stereocenters. The summed E-state index contributed by atoms with van der Waals surface area (Å²) in [5.41, 5.74) is 2.60. The molecule has 0 amide bonds. The van der Waals surface area contributed by atoms with Crippen molar-refractivity contribution in [3.63, 3.8) is 0 Å². The molecular formula is C23H28F2N6O4S2. The molecule has 4 N–H and O–H groups in total. The number of sulfone groups is 1. The van der Waals surface area contributed by atoms with Gasteiger partial charge in [0.2, 0.25) is 5.95 Å². The van der Waals surface area contributed by atoms with Gasteiger partial charge in [0.1, 0.15) is 32.3 Å². The van der Waals surface area contributed by atoms with Gasteiger partial charge in [0.25, 0.3) is 5.92 Å². The largest absolute Gasteiger partial charge is 0.390 e. The van der Waals surface area contributed by atoms with E-state index < -0.39 is 46.0 Å². The Balaban J connectivity index is 1.51. The van der Waals surface area contributed by atoms with Gasteiger partial charge in [-0.05, 0) is 26.3 Å². The van der Waals surface area contributed by atoms with Crippen LogP contribution in [-0.4, -0.2) is 80.8 Å². The van der Waals surface area contributed by atoms with Crippen LogP contribution in [0.4, 0.5) is 20.5 Å². The number of aliphatic hydroxyl groups excluding tert-OH is 2. The molecule has 10 nitrogen and oxygen atoms in total. The number of aryl methyl sites for hydroxylation is 2. The van der Waals surface area contributed by atoms with Gasteiger partial charge in [0.05, 0.1) is 39.5 Å². The smallest absolute Gasteiger partial charge is 0.252 e. The van der Waals surface area contributed by atoms with Crippen LogP contribution >= 0.6 is 11.3 Å². The Morgan fingerprint density at radius 2 is 1.84 bits per heavy atom. The Morgan fingerprint density at radius 3 is 2.49 bits per heavy atom. The minimum atomic E-state index is -3.37. The number of anilines is 2. The molecule has 0 radical (unpaired) electrons. The van der Waals surface area contributed by atoms with Crippen molar-refractivity contribution in [2.45, 2.75) is 63.3 Å². The normalized spacial score (nSPS) is 25.8. The van der Waals surface area contributed by atoms with Crippen LogP contribution in [0.5, 0.6) is 0 Å². The average Bonchev–Trinajstić information content (AvgIpc) is 3.29. The molecule has 14 heteroatoms. The predicted octanol–water partition coefficient (Wildman–Crippen LogP) is 2.54. The van der Waals surface area contributed by atoms with Gasteiger partial charge in [-0.3, -0.25) is 4.98 Å². The maximum absolute atomic E-state index is 13.4. The number of alkyl halides is 2. The molecule has 2 aliphatic rings. The number of pyridine rings is 1. The molecule has 3 heterocycles. The maximum Gasteiger partial charge on any atom is 0.252 e. The summed E-state index contributed by atoms with van der Waals surface area (Å²) >= 11 is 1.41. The third-order valence-electron chi connectivity index (χ3n) is 6.86. The second kappa shape index (κ2) is 9.33. The fourth-order valence-corrected chi connectivity index (χ4v) is 7.25. The number of halogens is 2. The zero-order chi connectivity index (χ0) is 26.7. The summed E-state index contributed by atoms with van der Waals surface area (Å²) in [4.78, 5) is 18.1. The van der Waals surface area contributed by atoms with Crippen LogP contribution in [0.3, 0.4) is 0 Å². The van der Waals surface area contributed by atoms with Gasteiger partial charge in [-0.25, -0.2) is 27.2 Å². The number of nitrogens with one attached hydrogen (secondary N) is 2. The third-order valence-corrected chi connectivity index (χ3v) is 8.93. The SMILES string of the molecule is Cc1nc(NC2CC(F)(F)C2)nc(N[C@@H]2C[C@H](CS(C)(=O)=O)[C@@H](O)[C@H]2O)c1-c1nc2c(C)nccc2s1. The quantitative estimate of drug-likeness (QED) is 0.343. The van der Waals surface area contributed by atoms with E-state index in [0.717, 1.165) is 22.2 Å². The molecule has 0 spiro atoms. The van der Waals surface area contributed by atoms with E-state index in [4.69, 9.17) is 4.98 Å². The van der Waals surface area contributed by atoms with Crippen LogP contribution in [-0.2, 0) is 9.84 Å². The van der Waals surface area contributed by atoms with Crippen molar-refractivity contribution in [3.8, 4) is 10.6 Å². The van der Waals surface area contributed by atoms with Gasteiger partial charge in [0.15, 0.2) is 0 Å². The van der Waals surface area contributed by atoms with E-state index in [1.165, 1.54) is 11.3 Å². The highest BCUT2D eigenvalue weighted by Gasteiger charge is 2.46. The molecule has 37 heavy (non-hydrogen) atoms. The van der Waals surface area contributed by atoms with Crippen LogP contribution in [0.2, 0.25) is 0 Å². The number of hydrogen-bond donors (Lipinski definition) is 4. The molecule has 0 aromatic carbocycles. The maximum atomic E-state index is 13.4. The highest BCUT2D eigenvalue weighted by atomic mass is 32.2. The van der Waals surface area contributed by atoms with E-state index in [0.29, 0.717) is 22.1 Å². The minimum absolute atomic E-state index is 0.156. The first-order chi connectivity index (χ1) is 17.3. The van der Waals surface area contributed by atoms with E-state index in [1.807, 2.05) is 13.0 Å². The average molecular weight is 555 g/mol. The summed E-state index contributed by atoms with van der Waals surface area (Å²) in [5.74, 6) is -3.16. The van der Waals surface area contributed by atoms with Crippen molar-refractivity contribution in [2.75, 3.05) is 22.6 Å². The number of rotatable bonds is 7. The number of thiazole rings is 1. The molecule has 0 bridgehead atoms. The van der Waals surface area contributed by atoms with Crippen LogP contribution in [0.15, 0.2) is 12.3 Å². The summed E-state index contributed by atoms with van der Waals surface area (Å²) < 4.78 is 51.3. The molecule has 3 aromatic rings. The molecule has 200 valence electrons. The van der Waals surface area contributed by atoms with Crippen LogP contribution in [0, 0.1) is 19.8 Å². The Labute approximate surface area is 216 Å². The second-order valence-corrected chi connectivity index (χ2v) is 13.3. The fourth-order valence-electron chi connectivity index (χ4n) is 5.03. The monoisotopic (exact) mass is 554 g/mol. The Kier molecular flexibility index (Phi) is 6.57. The van der Waals surface area contributed by atoms with Crippen LogP contribution in [0.25, 0.3) is 20.8 Å². The number of hydrogen-bond acceptors (Lipinski definition) is 11. The summed E-state index contributed by atoms with van der Waals surface area (Å²) in [5, 5.41) is 28.0. The lowest BCUT2D eigenvalue weighted by Crippen LogP contribution is -2.44. The number of aromatic nitrogens is 4. The molecule has 2 saturated carbocycles. The molecule has 5 rings (SSSR count). The van der Waals surface area contributed by atoms with Crippen molar-refractivity contribution in [2.24, 2.45) is 5.92 Å². The van der Waals surface area contributed by atoms with Crippen molar-refractivity contribution >= 4 is 43.2 Å². The number of fused-ring (bicyclic) bond motifs is 1. The first kappa shape index (κ1) is 26.1.